The first-order chi connectivity index (χ1) is 13.4. The number of ether oxygens (including phenoxy) is 2. The van der Waals surface area contributed by atoms with Crippen LogP contribution in [0.5, 0.6) is 0 Å². The largest absolute Gasteiger partial charge is 0.464 e. The molecule has 28 heavy (non-hydrogen) atoms. The molecule has 0 bridgehead atoms. The Morgan fingerprint density at radius 1 is 1.07 bits per heavy atom. The molecule has 0 aliphatic rings. The Labute approximate surface area is 168 Å². The molecule has 0 spiro atoms. The molecule has 2 aromatic rings. The Balaban J connectivity index is 2.23. The van der Waals surface area contributed by atoms with Gasteiger partial charge in [-0.15, -0.1) is 0 Å². The van der Waals surface area contributed by atoms with E-state index in [1.807, 2.05) is 30.3 Å². The van der Waals surface area contributed by atoms with E-state index in [2.05, 4.69) is 4.99 Å². The molecule has 0 radical (unpaired) electrons. The first-order valence-electron chi connectivity index (χ1n) is 8.82. The predicted molar refractivity (Wildman–Crippen MR) is 106 cm³/mol. The van der Waals surface area contributed by atoms with Gasteiger partial charge < -0.3 is 14.6 Å². The third kappa shape index (κ3) is 6.18. The summed E-state index contributed by atoms with van der Waals surface area (Å²) in [6.07, 6.45) is -2.30. The summed E-state index contributed by atoms with van der Waals surface area (Å²) in [5, 5.41) is 10.8. The van der Waals surface area contributed by atoms with Gasteiger partial charge >= 0.3 is 12.1 Å². The van der Waals surface area contributed by atoms with Crippen LogP contribution in [0.2, 0.25) is 5.02 Å². The number of carbonyl (C=O) groups is 2. The molecule has 0 fully saturated rings. The lowest BCUT2D eigenvalue weighted by Gasteiger charge is -2.19. The van der Waals surface area contributed by atoms with Crippen molar-refractivity contribution in [1.29, 1.82) is 0 Å². The van der Waals surface area contributed by atoms with Crippen LogP contribution in [0.3, 0.4) is 0 Å². The van der Waals surface area contributed by atoms with Gasteiger partial charge in [0.15, 0.2) is 6.10 Å². The number of amides is 1. The van der Waals surface area contributed by atoms with Gasteiger partial charge in [0.05, 0.1) is 12.3 Å². The fourth-order valence-electron chi connectivity index (χ4n) is 2.48. The van der Waals surface area contributed by atoms with Gasteiger partial charge in [0.2, 0.25) is 0 Å². The van der Waals surface area contributed by atoms with E-state index >= 15 is 0 Å². The van der Waals surface area contributed by atoms with Crippen LogP contribution in [0.1, 0.15) is 25.0 Å². The van der Waals surface area contributed by atoms with Crippen LogP contribution in [0, 0.1) is 5.92 Å². The Bertz CT molecular complexity index is 820. The lowest BCUT2D eigenvalue weighted by molar-refractivity contribution is -0.154. The molecule has 0 heterocycles. The molecule has 6 nitrogen and oxygen atoms in total. The topological polar surface area (TPSA) is 85.2 Å². The second-order valence-electron chi connectivity index (χ2n) is 6.03. The number of hydrogen-bond donors (Lipinski definition) is 1. The van der Waals surface area contributed by atoms with Crippen molar-refractivity contribution < 1.29 is 24.2 Å². The van der Waals surface area contributed by atoms with Crippen LogP contribution < -0.4 is 0 Å². The van der Waals surface area contributed by atoms with Crippen molar-refractivity contribution in [3.05, 3.63) is 70.7 Å². The average Bonchev–Trinajstić information content (AvgIpc) is 2.71. The molecule has 2 aromatic carbocycles. The lowest BCUT2D eigenvalue weighted by Crippen LogP contribution is -2.35. The molecule has 0 saturated heterocycles. The number of benzene rings is 2. The van der Waals surface area contributed by atoms with Gasteiger partial charge in [0.1, 0.15) is 6.61 Å². The van der Waals surface area contributed by atoms with Gasteiger partial charge in [-0.2, -0.15) is 4.99 Å². The molecule has 0 aromatic heterocycles. The molecular weight excluding hydrogens is 382 g/mol. The van der Waals surface area contributed by atoms with Crippen molar-refractivity contribution in [3.8, 4) is 0 Å². The van der Waals surface area contributed by atoms with Crippen molar-refractivity contribution in [2.45, 2.75) is 26.6 Å². The quantitative estimate of drug-likeness (QED) is 0.557. The van der Waals surface area contributed by atoms with Crippen LogP contribution >= 0.6 is 11.6 Å². The molecule has 1 unspecified atom stereocenters. The average molecular weight is 404 g/mol. The summed E-state index contributed by atoms with van der Waals surface area (Å²) < 4.78 is 10.1. The molecule has 0 saturated carbocycles. The van der Waals surface area contributed by atoms with Crippen LogP contribution in [-0.4, -0.2) is 35.6 Å². The maximum absolute atomic E-state index is 12.3. The third-order valence-corrected chi connectivity index (χ3v) is 4.24. The minimum absolute atomic E-state index is 0.0614. The van der Waals surface area contributed by atoms with Crippen LogP contribution in [0.25, 0.3) is 0 Å². The Morgan fingerprint density at radius 2 is 1.71 bits per heavy atom. The van der Waals surface area contributed by atoms with E-state index in [4.69, 9.17) is 21.1 Å². The smallest absolute Gasteiger partial charge is 0.434 e. The number of halogens is 1. The summed E-state index contributed by atoms with van der Waals surface area (Å²) in [7, 11) is 0. The molecule has 0 aliphatic carbocycles. The molecule has 1 amide bonds. The third-order valence-electron chi connectivity index (χ3n) is 3.99. The molecule has 2 rings (SSSR count). The highest BCUT2D eigenvalue weighted by molar-refractivity contribution is 6.30. The maximum Gasteiger partial charge on any atom is 0.434 e. The standard InChI is InChI=1S/C21H22ClNO5/c1-3-27-20(25)19(24)14(2)18(16-9-11-17(22)12-10-16)23-21(26)28-13-15-7-5-4-6-8-15/h4-12,14,19,24H,3,13H2,1-2H3/b23-18-/t14?,19-/m0/s1. The van der Waals surface area contributed by atoms with Gasteiger partial charge in [-0.1, -0.05) is 61.0 Å². The summed E-state index contributed by atoms with van der Waals surface area (Å²) in [5.74, 6) is -1.58. The van der Waals surface area contributed by atoms with Crippen molar-refractivity contribution in [2.24, 2.45) is 10.9 Å². The monoisotopic (exact) mass is 403 g/mol. The summed E-state index contributed by atoms with van der Waals surface area (Å²) in [4.78, 5) is 28.2. The van der Waals surface area contributed by atoms with E-state index in [0.29, 0.717) is 10.6 Å². The van der Waals surface area contributed by atoms with Crippen LogP contribution in [-0.2, 0) is 20.9 Å². The fourth-order valence-corrected chi connectivity index (χ4v) is 2.61. The molecule has 7 heteroatoms. The number of hydrogen-bond acceptors (Lipinski definition) is 5. The minimum Gasteiger partial charge on any atom is -0.464 e. The normalized spacial score (nSPS) is 13.5. The minimum atomic E-state index is -1.48. The zero-order chi connectivity index (χ0) is 20.5. The fraction of sp³-hybridized carbons (Fsp3) is 0.286. The number of nitrogens with zero attached hydrogens (tertiary/aromatic N) is 1. The van der Waals surface area contributed by atoms with Crippen molar-refractivity contribution in [3.63, 3.8) is 0 Å². The maximum atomic E-state index is 12.3. The van der Waals surface area contributed by atoms with E-state index in [9.17, 15) is 14.7 Å². The summed E-state index contributed by atoms with van der Waals surface area (Å²) in [5.41, 5.74) is 1.56. The highest BCUT2D eigenvalue weighted by Crippen LogP contribution is 2.18. The highest BCUT2D eigenvalue weighted by atomic mass is 35.5. The number of carbonyl (C=O) groups excluding carboxylic acids is 2. The van der Waals surface area contributed by atoms with Crippen LogP contribution in [0.4, 0.5) is 4.79 Å². The molecule has 2 atom stereocenters. The second kappa shape index (κ2) is 10.6. The molecule has 148 valence electrons. The van der Waals surface area contributed by atoms with Gasteiger partial charge in [-0.25, -0.2) is 9.59 Å². The van der Waals surface area contributed by atoms with Gasteiger partial charge in [-0.05, 0) is 30.2 Å². The first-order valence-corrected chi connectivity index (χ1v) is 9.20. The molecule has 0 aliphatic heterocycles. The molecular formula is C21H22ClNO5. The van der Waals surface area contributed by atoms with E-state index < -0.39 is 24.1 Å². The van der Waals surface area contributed by atoms with Crippen molar-refractivity contribution in [1.82, 2.24) is 0 Å². The zero-order valence-corrected chi connectivity index (χ0v) is 16.4. The van der Waals surface area contributed by atoms with Crippen molar-refractivity contribution >= 4 is 29.4 Å². The lowest BCUT2D eigenvalue weighted by atomic mass is 9.93. The Hall–Kier alpha value is -2.70. The molecule has 1 N–H and O–H groups in total. The second-order valence-corrected chi connectivity index (χ2v) is 6.47. The summed E-state index contributed by atoms with van der Waals surface area (Å²) >= 11 is 5.92. The van der Waals surface area contributed by atoms with E-state index in [-0.39, 0.29) is 18.9 Å². The van der Waals surface area contributed by atoms with Gasteiger partial charge in [0.25, 0.3) is 0 Å². The summed E-state index contributed by atoms with van der Waals surface area (Å²) in [6.45, 7) is 3.42. The van der Waals surface area contributed by atoms with E-state index in [1.165, 1.54) is 0 Å². The Kier molecular flexibility index (Phi) is 8.17. The number of rotatable bonds is 7. The van der Waals surface area contributed by atoms with Crippen molar-refractivity contribution in [2.75, 3.05) is 6.61 Å². The highest BCUT2D eigenvalue weighted by Gasteiger charge is 2.29. The summed E-state index contributed by atoms with van der Waals surface area (Å²) in [6, 6.07) is 15.7. The van der Waals surface area contributed by atoms with Gasteiger partial charge in [-0.3, -0.25) is 0 Å². The van der Waals surface area contributed by atoms with Gasteiger partial charge in [0, 0.05) is 10.9 Å². The number of aliphatic imine (C=N–C) groups is 1. The Morgan fingerprint density at radius 3 is 2.32 bits per heavy atom. The van der Waals surface area contributed by atoms with E-state index in [0.717, 1.165) is 5.56 Å². The zero-order valence-electron chi connectivity index (χ0n) is 15.7. The van der Waals surface area contributed by atoms with Crippen LogP contribution in [0.15, 0.2) is 59.6 Å². The SMILES string of the molecule is CCOC(=O)[C@@H](O)C(C)/C(=N/C(=O)OCc1ccccc1)c1ccc(Cl)cc1. The van der Waals surface area contributed by atoms with E-state index in [1.54, 1.807) is 38.1 Å². The number of aliphatic hydroxyl groups excluding tert-OH is 1. The number of aliphatic hydroxyl groups is 1. The predicted octanol–water partition coefficient (Wildman–Crippen LogP) is 4.03. The number of esters is 1. The first kappa shape index (κ1) is 21.6.